The second-order valence-electron chi connectivity index (χ2n) is 5.48. The van der Waals surface area contributed by atoms with E-state index in [1.54, 1.807) is 0 Å². The highest BCUT2D eigenvalue weighted by molar-refractivity contribution is 9.10. The molecule has 3 nitrogen and oxygen atoms in total. The van der Waals surface area contributed by atoms with Crippen LogP contribution in [0.1, 0.15) is 42.1 Å². The first-order chi connectivity index (χ1) is 9.63. The highest BCUT2D eigenvalue weighted by Gasteiger charge is 2.26. The first kappa shape index (κ1) is 15.5. The third-order valence-electron chi connectivity index (χ3n) is 3.79. The molecule has 1 amide bonds. The van der Waals surface area contributed by atoms with Gasteiger partial charge in [0.05, 0.1) is 5.56 Å². The van der Waals surface area contributed by atoms with Crippen LogP contribution in [-0.2, 0) is 0 Å². The Bertz CT molecular complexity index is 470. The van der Waals surface area contributed by atoms with Crippen LogP contribution in [0.2, 0.25) is 0 Å². The molecule has 0 aliphatic carbocycles. The zero-order valence-corrected chi connectivity index (χ0v) is 13.9. The molecule has 20 heavy (non-hydrogen) atoms. The Kier molecular flexibility index (Phi) is 5.61. The summed E-state index contributed by atoms with van der Waals surface area (Å²) in [5.74, 6) is 0.149. The number of carbonyl (C=O) groups is 1. The Morgan fingerprint density at radius 1 is 1.50 bits per heavy atom. The van der Waals surface area contributed by atoms with Gasteiger partial charge in [-0.15, -0.1) is 0 Å². The van der Waals surface area contributed by atoms with Crippen molar-refractivity contribution in [2.45, 2.75) is 39.2 Å². The first-order valence-corrected chi connectivity index (χ1v) is 8.20. The number of piperidine rings is 1. The number of amides is 1. The van der Waals surface area contributed by atoms with Gasteiger partial charge in [0.2, 0.25) is 0 Å². The maximum atomic E-state index is 12.9. The van der Waals surface area contributed by atoms with E-state index in [0.29, 0.717) is 6.04 Å². The Morgan fingerprint density at radius 2 is 2.30 bits per heavy atom. The van der Waals surface area contributed by atoms with Gasteiger partial charge in [-0.1, -0.05) is 18.6 Å². The van der Waals surface area contributed by atoms with Crippen molar-refractivity contribution in [3.63, 3.8) is 0 Å². The molecule has 110 valence electrons. The molecule has 0 bridgehead atoms. The molecule has 1 fully saturated rings. The Labute approximate surface area is 129 Å². The molecule has 0 saturated carbocycles. The van der Waals surface area contributed by atoms with Gasteiger partial charge in [0.15, 0.2) is 0 Å². The topological polar surface area (TPSA) is 32.3 Å². The fraction of sp³-hybridized carbons (Fsp3) is 0.562. The van der Waals surface area contributed by atoms with Gasteiger partial charge in [0.1, 0.15) is 0 Å². The predicted octanol–water partition coefficient (Wildman–Crippen LogP) is 3.36. The van der Waals surface area contributed by atoms with E-state index in [1.165, 1.54) is 0 Å². The summed E-state index contributed by atoms with van der Waals surface area (Å²) in [6, 6.07) is 6.29. The van der Waals surface area contributed by atoms with Crippen LogP contribution >= 0.6 is 15.9 Å². The molecule has 1 atom stereocenters. The molecule has 1 aromatic rings. The number of nitrogens with zero attached hydrogens (tertiary/aromatic N) is 1. The molecule has 0 spiro atoms. The summed E-state index contributed by atoms with van der Waals surface area (Å²) < 4.78 is 0.887. The normalized spacial score (nSPS) is 18.9. The molecule has 1 aliphatic heterocycles. The highest BCUT2D eigenvalue weighted by Crippen LogP contribution is 2.22. The molecule has 1 aliphatic rings. The molecule has 1 heterocycles. The molecule has 2 rings (SSSR count). The molecular weight excluding hydrogens is 316 g/mol. The zero-order valence-electron chi connectivity index (χ0n) is 12.3. The lowest BCUT2D eigenvalue weighted by molar-refractivity contribution is 0.0648. The molecule has 1 saturated heterocycles. The largest absolute Gasteiger partial charge is 0.334 e. The van der Waals surface area contributed by atoms with Gasteiger partial charge in [0.25, 0.3) is 5.91 Å². The molecule has 1 unspecified atom stereocenters. The highest BCUT2D eigenvalue weighted by atomic mass is 79.9. The minimum atomic E-state index is 0.149. The first-order valence-electron chi connectivity index (χ1n) is 7.41. The fourth-order valence-electron chi connectivity index (χ4n) is 2.75. The predicted molar refractivity (Wildman–Crippen MR) is 86.1 cm³/mol. The van der Waals surface area contributed by atoms with Crippen LogP contribution < -0.4 is 5.32 Å². The lowest BCUT2D eigenvalue weighted by Gasteiger charge is -2.35. The smallest absolute Gasteiger partial charge is 0.255 e. The van der Waals surface area contributed by atoms with Crippen molar-refractivity contribution in [1.29, 1.82) is 0 Å². The summed E-state index contributed by atoms with van der Waals surface area (Å²) in [7, 11) is 0. The Hall–Kier alpha value is -0.870. The van der Waals surface area contributed by atoms with Gasteiger partial charge >= 0.3 is 0 Å². The van der Waals surface area contributed by atoms with Crippen LogP contribution in [0.5, 0.6) is 0 Å². The maximum Gasteiger partial charge on any atom is 0.255 e. The number of hydrogen-bond acceptors (Lipinski definition) is 2. The zero-order chi connectivity index (χ0) is 14.5. The van der Waals surface area contributed by atoms with Crippen LogP contribution in [0.3, 0.4) is 0 Å². The fourth-order valence-corrected chi connectivity index (χ4v) is 3.16. The van der Waals surface area contributed by atoms with E-state index in [4.69, 9.17) is 0 Å². The standard InChI is InChI=1S/C16H23BrN2O/c1-3-9-19(13-5-4-8-18-11-13)16(20)14-10-12(2)6-7-15(14)17/h6-7,10,13,18H,3-5,8-9,11H2,1-2H3. The molecule has 1 aromatic carbocycles. The van der Waals surface area contributed by atoms with Gasteiger partial charge in [-0.3, -0.25) is 4.79 Å². The van der Waals surface area contributed by atoms with Crippen molar-refractivity contribution in [3.05, 3.63) is 33.8 Å². The summed E-state index contributed by atoms with van der Waals surface area (Å²) >= 11 is 3.51. The third-order valence-corrected chi connectivity index (χ3v) is 4.48. The molecule has 4 heteroatoms. The number of aryl methyl sites for hydroxylation is 1. The second-order valence-corrected chi connectivity index (χ2v) is 6.34. The van der Waals surface area contributed by atoms with Crippen LogP contribution in [0.4, 0.5) is 0 Å². The number of benzene rings is 1. The Balaban J connectivity index is 2.23. The van der Waals surface area contributed by atoms with Gasteiger partial charge in [-0.05, 0) is 60.8 Å². The van der Waals surface area contributed by atoms with E-state index in [2.05, 4.69) is 28.2 Å². The van der Waals surface area contributed by atoms with Gasteiger partial charge in [0, 0.05) is 23.6 Å². The second kappa shape index (κ2) is 7.23. The monoisotopic (exact) mass is 338 g/mol. The number of nitrogens with one attached hydrogen (secondary N) is 1. The minimum absolute atomic E-state index is 0.149. The van der Waals surface area contributed by atoms with Crippen molar-refractivity contribution in [2.75, 3.05) is 19.6 Å². The quantitative estimate of drug-likeness (QED) is 0.912. The van der Waals surface area contributed by atoms with Crippen LogP contribution in [-0.4, -0.2) is 36.5 Å². The van der Waals surface area contributed by atoms with E-state index in [9.17, 15) is 4.79 Å². The average Bonchev–Trinajstić information content (AvgIpc) is 2.47. The van der Waals surface area contributed by atoms with Crippen molar-refractivity contribution in [2.24, 2.45) is 0 Å². The number of carbonyl (C=O) groups excluding carboxylic acids is 1. The van der Waals surface area contributed by atoms with Gasteiger partial charge in [-0.2, -0.15) is 0 Å². The average molecular weight is 339 g/mol. The number of rotatable bonds is 4. The maximum absolute atomic E-state index is 12.9. The van der Waals surface area contributed by atoms with E-state index < -0.39 is 0 Å². The molecule has 0 radical (unpaired) electrons. The minimum Gasteiger partial charge on any atom is -0.334 e. The van der Waals surface area contributed by atoms with Crippen molar-refractivity contribution in [3.8, 4) is 0 Å². The third kappa shape index (κ3) is 3.61. The summed E-state index contributed by atoms with van der Waals surface area (Å²) in [5.41, 5.74) is 1.90. The molecule has 0 aromatic heterocycles. The lowest BCUT2D eigenvalue weighted by atomic mass is 10.0. The summed E-state index contributed by atoms with van der Waals surface area (Å²) in [5, 5.41) is 3.40. The van der Waals surface area contributed by atoms with Gasteiger partial charge < -0.3 is 10.2 Å². The van der Waals surface area contributed by atoms with Crippen LogP contribution in [0.25, 0.3) is 0 Å². The van der Waals surface area contributed by atoms with Gasteiger partial charge in [-0.25, -0.2) is 0 Å². The van der Waals surface area contributed by atoms with E-state index in [-0.39, 0.29) is 5.91 Å². The van der Waals surface area contributed by atoms with Crippen LogP contribution in [0.15, 0.2) is 22.7 Å². The number of halogens is 1. The molecule has 1 N–H and O–H groups in total. The van der Waals surface area contributed by atoms with E-state index in [0.717, 1.165) is 54.5 Å². The van der Waals surface area contributed by atoms with E-state index in [1.807, 2.05) is 30.0 Å². The van der Waals surface area contributed by atoms with Crippen molar-refractivity contribution >= 4 is 21.8 Å². The SMILES string of the molecule is CCCN(C(=O)c1cc(C)ccc1Br)C1CCCNC1. The summed E-state index contributed by atoms with van der Waals surface area (Å²) in [4.78, 5) is 14.9. The van der Waals surface area contributed by atoms with E-state index >= 15 is 0 Å². The van der Waals surface area contributed by atoms with Crippen molar-refractivity contribution < 1.29 is 4.79 Å². The summed E-state index contributed by atoms with van der Waals surface area (Å²) in [6.45, 7) is 6.96. The van der Waals surface area contributed by atoms with Crippen molar-refractivity contribution in [1.82, 2.24) is 10.2 Å². The number of hydrogen-bond donors (Lipinski definition) is 1. The summed E-state index contributed by atoms with van der Waals surface area (Å²) in [6.07, 6.45) is 3.24. The molecular formula is C16H23BrN2O. The Morgan fingerprint density at radius 3 is 2.95 bits per heavy atom. The van der Waals surface area contributed by atoms with Crippen LogP contribution in [0, 0.1) is 6.92 Å². The lowest BCUT2D eigenvalue weighted by Crippen LogP contribution is -2.49.